The minimum Gasteiger partial charge on any atom is -0.480 e. The minimum atomic E-state index is -1.59. The minimum absolute atomic E-state index is 0.0490. The van der Waals surface area contributed by atoms with Crippen molar-refractivity contribution in [3.63, 3.8) is 0 Å². The molecule has 46 heavy (non-hydrogen) atoms. The second-order valence-corrected chi connectivity index (χ2v) is 13.2. The number of morpholine rings is 1. The summed E-state index contributed by atoms with van der Waals surface area (Å²) in [4.78, 5) is 43.5. The quantitative estimate of drug-likeness (QED) is 0.340. The van der Waals surface area contributed by atoms with E-state index in [0.29, 0.717) is 13.2 Å². The van der Waals surface area contributed by atoms with Crippen LogP contribution in [0.4, 0.5) is 10.5 Å². The molecular weight excluding hydrogens is 586 g/mol. The Morgan fingerprint density at radius 3 is 2.13 bits per heavy atom. The Balaban J connectivity index is 1.19. The number of carbonyl (C=O) groups excluding carboxylic acids is 2. The molecule has 3 aromatic carbocycles. The van der Waals surface area contributed by atoms with Gasteiger partial charge in [-0.1, -0.05) is 60.7 Å². The van der Waals surface area contributed by atoms with Gasteiger partial charge in [0.1, 0.15) is 23.8 Å². The monoisotopic (exact) mass is 627 g/mol. The van der Waals surface area contributed by atoms with Crippen molar-refractivity contribution in [3.8, 4) is 11.1 Å². The van der Waals surface area contributed by atoms with E-state index in [-0.39, 0.29) is 32.0 Å². The molecule has 0 bridgehead atoms. The highest BCUT2D eigenvalue weighted by atomic mass is 16.6. The summed E-state index contributed by atoms with van der Waals surface area (Å²) in [5, 5.41) is 13.7. The highest BCUT2D eigenvalue weighted by molar-refractivity contribution is 5.88. The van der Waals surface area contributed by atoms with E-state index in [1.807, 2.05) is 60.7 Å². The first-order valence-corrected chi connectivity index (χ1v) is 15.8. The van der Waals surface area contributed by atoms with E-state index >= 15 is 0 Å². The lowest BCUT2D eigenvalue weighted by molar-refractivity contribution is -0.159. The van der Waals surface area contributed by atoms with Gasteiger partial charge in [0.15, 0.2) is 0 Å². The second kappa shape index (κ2) is 12.8. The number of carbonyl (C=O) groups is 3. The summed E-state index contributed by atoms with van der Waals surface area (Å²) in [6.45, 7) is 8.24. The van der Waals surface area contributed by atoms with Crippen LogP contribution in [-0.2, 0) is 30.3 Å². The van der Waals surface area contributed by atoms with Crippen molar-refractivity contribution < 1.29 is 33.7 Å². The van der Waals surface area contributed by atoms with Gasteiger partial charge in [0, 0.05) is 37.7 Å². The number of ether oxygens (including phenoxy) is 3. The largest absolute Gasteiger partial charge is 0.480 e. The molecule has 2 heterocycles. The normalized spacial score (nSPS) is 21.1. The summed E-state index contributed by atoms with van der Waals surface area (Å²) >= 11 is 0. The van der Waals surface area contributed by atoms with Crippen LogP contribution in [0.25, 0.3) is 11.1 Å². The molecule has 0 spiro atoms. The number of benzene rings is 3. The van der Waals surface area contributed by atoms with Gasteiger partial charge in [-0.05, 0) is 60.7 Å². The average Bonchev–Trinajstić information content (AvgIpc) is 3.60. The number of likely N-dealkylation sites (tertiary alicyclic amines) is 1. The highest BCUT2D eigenvalue weighted by Gasteiger charge is 2.55. The summed E-state index contributed by atoms with van der Waals surface area (Å²) in [5.74, 6) is -2.00. The van der Waals surface area contributed by atoms with E-state index in [9.17, 15) is 19.5 Å². The molecule has 1 aliphatic carbocycles. The molecule has 0 aromatic heterocycles. The Kier molecular flexibility index (Phi) is 8.76. The van der Waals surface area contributed by atoms with Gasteiger partial charge in [-0.15, -0.1) is 0 Å². The number of carboxylic acid groups (broad SMARTS) is 1. The number of nitrogens with one attached hydrogen (secondary N) is 1. The molecule has 2 aliphatic heterocycles. The van der Waals surface area contributed by atoms with Crippen LogP contribution in [0.2, 0.25) is 0 Å². The predicted octanol–water partition coefficient (Wildman–Crippen LogP) is 4.80. The number of esters is 1. The van der Waals surface area contributed by atoms with Crippen LogP contribution < -0.4 is 10.2 Å². The Hall–Kier alpha value is -4.41. The number of carboxylic acids is 1. The van der Waals surface area contributed by atoms with E-state index in [1.165, 1.54) is 4.90 Å². The SMILES string of the molecule is CC(C)(C)OC(=O)C1CC(NCc2ccc(N3CCOCC3)cc2)(C(=O)O)CN1C(=O)OCC1c2ccccc2-c2ccccc21. The number of rotatable bonds is 8. The van der Waals surface area contributed by atoms with Crippen LogP contribution in [0.3, 0.4) is 0 Å². The van der Waals surface area contributed by atoms with Crippen LogP contribution >= 0.6 is 0 Å². The fourth-order valence-electron chi connectivity index (χ4n) is 6.63. The summed E-state index contributed by atoms with van der Waals surface area (Å²) in [6, 6.07) is 22.8. The number of anilines is 1. The van der Waals surface area contributed by atoms with Gasteiger partial charge < -0.3 is 24.2 Å². The van der Waals surface area contributed by atoms with Gasteiger partial charge >= 0.3 is 18.0 Å². The lowest BCUT2D eigenvalue weighted by atomic mass is 9.95. The molecule has 10 heteroatoms. The molecule has 2 unspecified atom stereocenters. The Morgan fingerprint density at radius 2 is 1.54 bits per heavy atom. The highest BCUT2D eigenvalue weighted by Crippen LogP contribution is 2.44. The van der Waals surface area contributed by atoms with Crippen LogP contribution in [-0.4, -0.2) is 84.7 Å². The molecule has 242 valence electrons. The van der Waals surface area contributed by atoms with Crippen molar-refractivity contribution in [1.29, 1.82) is 0 Å². The first kappa shape index (κ1) is 31.6. The molecule has 0 radical (unpaired) electrons. The fraction of sp³-hybridized carbons (Fsp3) is 0.417. The third kappa shape index (κ3) is 6.45. The number of amides is 1. The van der Waals surface area contributed by atoms with Crippen LogP contribution in [0, 0.1) is 0 Å². The van der Waals surface area contributed by atoms with Gasteiger partial charge in [-0.25, -0.2) is 9.59 Å². The molecule has 3 aliphatic rings. The molecule has 2 saturated heterocycles. The lowest BCUT2D eigenvalue weighted by Crippen LogP contribution is -2.54. The molecule has 2 N–H and O–H groups in total. The molecule has 2 atom stereocenters. The summed E-state index contributed by atoms with van der Waals surface area (Å²) < 4.78 is 17.0. The topological polar surface area (TPSA) is 118 Å². The van der Waals surface area contributed by atoms with Gasteiger partial charge in [0.2, 0.25) is 0 Å². The Labute approximate surface area is 269 Å². The van der Waals surface area contributed by atoms with Gasteiger partial charge in [0.05, 0.1) is 19.8 Å². The molecule has 3 aromatic rings. The molecule has 0 saturated carbocycles. The molecular formula is C36H41N3O7. The zero-order valence-electron chi connectivity index (χ0n) is 26.5. The number of nitrogens with zero attached hydrogens (tertiary/aromatic N) is 2. The van der Waals surface area contributed by atoms with Crippen LogP contribution in [0.5, 0.6) is 0 Å². The van der Waals surface area contributed by atoms with Crippen molar-refractivity contribution in [2.24, 2.45) is 0 Å². The van der Waals surface area contributed by atoms with Crippen molar-refractivity contribution in [2.45, 2.75) is 56.8 Å². The third-order valence-corrected chi connectivity index (χ3v) is 8.96. The zero-order valence-corrected chi connectivity index (χ0v) is 26.5. The van der Waals surface area contributed by atoms with Gasteiger partial charge in [0.25, 0.3) is 0 Å². The number of hydrogen-bond donors (Lipinski definition) is 2. The standard InChI is InChI=1S/C36H41N3O7/c1-35(2,3)46-32(40)31-20-36(33(41)42,37-21-24-12-14-25(15-13-24)38-16-18-44-19-17-38)23-39(31)34(43)45-22-30-28-10-6-4-8-26(28)27-9-5-7-11-29(27)30/h4-15,30-31,37H,16-23H2,1-3H3,(H,41,42). The molecule has 10 nitrogen and oxygen atoms in total. The smallest absolute Gasteiger partial charge is 0.410 e. The van der Waals surface area contributed by atoms with Crippen molar-refractivity contribution in [3.05, 3.63) is 89.5 Å². The first-order chi connectivity index (χ1) is 22.0. The molecule has 2 fully saturated rings. The van der Waals surface area contributed by atoms with Gasteiger partial charge in [-0.2, -0.15) is 0 Å². The van der Waals surface area contributed by atoms with Crippen LogP contribution in [0.15, 0.2) is 72.8 Å². The predicted molar refractivity (Wildman–Crippen MR) is 173 cm³/mol. The Bertz CT molecular complexity index is 1550. The maximum atomic E-state index is 13.7. The summed E-state index contributed by atoms with van der Waals surface area (Å²) in [5.41, 5.74) is 3.85. The second-order valence-electron chi connectivity index (χ2n) is 13.2. The van der Waals surface area contributed by atoms with E-state index < -0.39 is 35.2 Å². The maximum absolute atomic E-state index is 13.7. The Morgan fingerprint density at radius 1 is 0.935 bits per heavy atom. The number of aliphatic carboxylic acids is 1. The van der Waals surface area contributed by atoms with Crippen molar-refractivity contribution in [2.75, 3.05) is 44.4 Å². The zero-order chi connectivity index (χ0) is 32.5. The van der Waals surface area contributed by atoms with E-state index in [4.69, 9.17) is 14.2 Å². The fourth-order valence-corrected chi connectivity index (χ4v) is 6.63. The van der Waals surface area contributed by atoms with E-state index in [2.05, 4.69) is 22.3 Å². The van der Waals surface area contributed by atoms with Gasteiger partial charge in [-0.3, -0.25) is 15.0 Å². The van der Waals surface area contributed by atoms with Crippen molar-refractivity contribution >= 4 is 23.7 Å². The van der Waals surface area contributed by atoms with Crippen molar-refractivity contribution in [1.82, 2.24) is 10.2 Å². The maximum Gasteiger partial charge on any atom is 0.410 e. The van der Waals surface area contributed by atoms with E-state index in [1.54, 1.807) is 20.8 Å². The molecule has 1 amide bonds. The first-order valence-electron chi connectivity index (χ1n) is 15.8. The number of fused-ring (bicyclic) bond motifs is 3. The third-order valence-electron chi connectivity index (χ3n) is 8.96. The molecule has 6 rings (SSSR count). The summed E-state index contributed by atoms with van der Waals surface area (Å²) in [7, 11) is 0. The van der Waals surface area contributed by atoms with E-state index in [0.717, 1.165) is 46.6 Å². The summed E-state index contributed by atoms with van der Waals surface area (Å²) in [6.07, 6.45) is -0.912. The average molecular weight is 628 g/mol. The lowest BCUT2D eigenvalue weighted by Gasteiger charge is -2.29. The number of hydrogen-bond acceptors (Lipinski definition) is 8. The van der Waals surface area contributed by atoms with Crippen LogP contribution in [0.1, 0.15) is 49.8 Å².